The van der Waals surface area contributed by atoms with Gasteiger partial charge in [-0.2, -0.15) is 0 Å². The van der Waals surface area contributed by atoms with Crippen LogP contribution in [0.5, 0.6) is 0 Å². The number of carbonyl (C=O) groups is 2. The number of rotatable bonds is 6. The zero-order valence-corrected chi connectivity index (χ0v) is 10.6. The van der Waals surface area contributed by atoms with Gasteiger partial charge in [-0.25, -0.2) is 4.68 Å². The molecule has 2 aromatic rings. The SMILES string of the molecule is O=C(O)Cc1ccccc1CNC(=O)Cn1cnnn1. The average Bonchev–Trinajstić information content (AvgIpc) is 2.90. The molecule has 1 amide bonds. The molecule has 2 rings (SSSR count). The molecule has 2 N–H and O–H groups in total. The van der Waals surface area contributed by atoms with Gasteiger partial charge < -0.3 is 10.4 Å². The zero-order valence-electron chi connectivity index (χ0n) is 10.6. The Morgan fingerprint density at radius 1 is 1.25 bits per heavy atom. The maximum Gasteiger partial charge on any atom is 0.307 e. The molecule has 0 radical (unpaired) electrons. The van der Waals surface area contributed by atoms with Gasteiger partial charge in [0.25, 0.3) is 0 Å². The predicted molar refractivity (Wildman–Crippen MR) is 67.4 cm³/mol. The van der Waals surface area contributed by atoms with E-state index in [9.17, 15) is 9.59 Å². The molecule has 1 heterocycles. The molecule has 20 heavy (non-hydrogen) atoms. The number of hydrogen-bond donors (Lipinski definition) is 2. The summed E-state index contributed by atoms with van der Waals surface area (Å²) < 4.78 is 1.30. The summed E-state index contributed by atoms with van der Waals surface area (Å²) in [7, 11) is 0. The molecule has 1 aromatic heterocycles. The molecule has 1 aromatic carbocycles. The third-order valence-corrected chi connectivity index (χ3v) is 2.63. The summed E-state index contributed by atoms with van der Waals surface area (Å²) in [6.07, 6.45) is 1.27. The molecule has 0 saturated carbocycles. The van der Waals surface area contributed by atoms with Gasteiger partial charge in [0.2, 0.25) is 5.91 Å². The molecule has 0 fully saturated rings. The van der Waals surface area contributed by atoms with Gasteiger partial charge in [-0.15, -0.1) is 5.10 Å². The number of benzene rings is 1. The standard InChI is InChI=1S/C12H13N5O3/c18-11(7-17-8-14-15-16-17)13-6-10-4-2-1-3-9(10)5-12(19)20/h1-4,8H,5-7H2,(H,13,18)(H,19,20). The molecule has 0 unspecified atom stereocenters. The first-order chi connectivity index (χ1) is 9.65. The minimum Gasteiger partial charge on any atom is -0.481 e. The Kier molecular flexibility index (Phi) is 4.38. The van der Waals surface area contributed by atoms with E-state index in [-0.39, 0.29) is 25.4 Å². The van der Waals surface area contributed by atoms with Crippen LogP contribution in [0.25, 0.3) is 0 Å². The van der Waals surface area contributed by atoms with E-state index in [1.54, 1.807) is 24.3 Å². The molecule has 0 aliphatic carbocycles. The van der Waals surface area contributed by atoms with E-state index in [1.165, 1.54) is 11.0 Å². The van der Waals surface area contributed by atoms with Crippen molar-refractivity contribution in [3.63, 3.8) is 0 Å². The smallest absolute Gasteiger partial charge is 0.307 e. The molecule has 0 saturated heterocycles. The summed E-state index contributed by atoms with van der Waals surface area (Å²) >= 11 is 0. The Morgan fingerprint density at radius 2 is 2.00 bits per heavy atom. The highest BCUT2D eigenvalue weighted by Crippen LogP contribution is 2.09. The fourth-order valence-corrected chi connectivity index (χ4v) is 1.71. The minimum atomic E-state index is -0.905. The second-order valence-corrected chi connectivity index (χ2v) is 4.12. The number of carbonyl (C=O) groups excluding carboxylic acids is 1. The van der Waals surface area contributed by atoms with Gasteiger partial charge in [-0.3, -0.25) is 9.59 Å². The normalized spacial score (nSPS) is 10.2. The maximum absolute atomic E-state index is 11.7. The van der Waals surface area contributed by atoms with Gasteiger partial charge in [-0.05, 0) is 21.6 Å². The Balaban J connectivity index is 1.93. The quantitative estimate of drug-likeness (QED) is 0.743. The van der Waals surface area contributed by atoms with E-state index >= 15 is 0 Å². The summed E-state index contributed by atoms with van der Waals surface area (Å²) in [4.78, 5) is 22.4. The van der Waals surface area contributed by atoms with Gasteiger partial charge in [0.1, 0.15) is 12.9 Å². The number of tetrazole rings is 1. The fourth-order valence-electron chi connectivity index (χ4n) is 1.71. The van der Waals surface area contributed by atoms with Crippen molar-refractivity contribution < 1.29 is 14.7 Å². The number of aromatic nitrogens is 4. The highest BCUT2D eigenvalue weighted by molar-refractivity contribution is 5.75. The van der Waals surface area contributed by atoms with Crippen LogP contribution >= 0.6 is 0 Å². The van der Waals surface area contributed by atoms with Crippen molar-refractivity contribution >= 4 is 11.9 Å². The Labute approximate surface area is 114 Å². The van der Waals surface area contributed by atoms with Crippen LogP contribution in [-0.4, -0.2) is 37.2 Å². The van der Waals surface area contributed by atoms with Crippen molar-refractivity contribution in [2.75, 3.05) is 0 Å². The van der Waals surface area contributed by atoms with Crippen molar-refractivity contribution in [2.45, 2.75) is 19.5 Å². The van der Waals surface area contributed by atoms with Crippen LogP contribution in [0.4, 0.5) is 0 Å². The van der Waals surface area contributed by atoms with E-state index in [0.717, 1.165) is 5.56 Å². The van der Waals surface area contributed by atoms with Gasteiger partial charge in [0, 0.05) is 6.54 Å². The Hall–Kier alpha value is -2.77. The van der Waals surface area contributed by atoms with Gasteiger partial charge >= 0.3 is 5.97 Å². The molecule has 0 aliphatic rings. The molecule has 8 nitrogen and oxygen atoms in total. The second-order valence-electron chi connectivity index (χ2n) is 4.12. The predicted octanol–water partition coefficient (Wildman–Crippen LogP) is -0.383. The van der Waals surface area contributed by atoms with E-state index < -0.39 is 5.97 Å². The van der Waals surface area contributed by atoms with E-state index in [1.807, 2.05) is 0 Å². The van der Waals surface area contributed by atoms with E-state index in [4.69, 9.17) is 5.11 Å². The summed E-state index contributed by atoms with van der Waals surface area (Å²) in [6.45, 7) is 0.290. The average molecular weight is 275 g/mol. The number of carboxylic acids is 1. The van der Waals surface area contributed by atoms with Crippen molar-refractivity contribution in [3.8, 4) is 0 Å². The lowest BCUT2D eigenvalue weighted by Gasteiger charge is -2.09. The third kappa shape index (κ3) is 3.87. The highest BCUT2D eigenvalue weighted by atomic mass is 16.4. The van der Waals surface area contributed by atoms with Crippen LogP contribution in [0.15, 0.2) is 30.6 Å². The fraction of sp³-hybridized carbons (Fsp3) is 0.250. The van der Waals surface area contributed by atoms with Crippen molar-refractivity contribution in [1.82, 2.24) is 25.5 Å². The lowest BCUT2D eigenvalue weighted by atomic mass is 10.0. The van der Waals surface area contributed by atoms with Gasteiger partial charge in [0.15, 0.2) is 0 Å². The Bertz CT molecular complexity index is 597. The molecule has 0 aliphatic heterocycles. The minimum absolute atomic E-state index is 0.0219. The third-order valence-electron chi connectivity index (χ3n) is 2.63. The summed E-state index contributed by atoms with van der Waals surface area (Å²) in [5.74, 6) is -1.15. The van der Waals surface area contributed by atoms with Crippen molar-refractivity contribution in [1.29, 1.82) is 0 Å². The van der Waals surface area contributed by atoms with E-state index in [0.29, 0.717) is 5.56 Å². The molecule has 104 valence electrons. The second kappa shape index (κ2) is 6.41. The number of aliphatic carboxylic acids is 1. The highest BCUT2D eigenvalue weighted by Gasteiger charge is 2.08. The molecular formula is C12H13N5O3. The van der Waals surface area contributed by atoms with E-state index in [2.05, 4.69) is 20.8 Å². The maximum atomic E-state index is 11.7. The molecular weight excluding hydrogens is 262 g/mol. The summed E-state index contributed by atoms with van der Waals surface area (Å²) in [5.41, 5.74) is 1.46. The van der Waals surface area contributed by atoms with Crippen LogP contribution in [0, 0.1) is 0 Å². The first-order valence-electron chi connectivity index (χ1n) is 5.91. The largest absolute Gasteiger partial charge is 0.481 e. The lowest BCUT2D eigenvalue weighted by molar-refractivity contribution is -0.136. The first kappa shape index (κ1) is 13.7. The molecule has 8 heteroatoms. The van der Waals surface area contributed by atoms with Gasteiger partial charge in [0.05, 0.1) is 6.42 Å². The Morgan fingerprint density at radius 3 is 2.65 bits per heavy atom. The lowest BCUT2D eigenvalue weighted by Crippen LogP contribution is -2.27. The number of amides is 1. The molecule has 0 bridgehead atoms. The monoisotopic (exact) mass is 275 g/mol. The summed E-state index contributed by atoms with van der Waals surface area (Å²) in [5, 5.41) is 22.0. The molecule has 0 spiro atoms. The number of carboxylic acid groups (broad SMARTS) is 1. The van der Waals surface area contributed by atoms with Crippen LogP contribution in [0.3, 0.4) is 0 Å². The molecule has 0 atom stereocenters. The van der Waals surface area contributed by atoms with Crippen LogP contribution < -0.4 is 5.32 Å². The first-order valence-corrected chi connectivity index (χ1v) is 5.91. The number of hydrogen-bond acceptors (Lipinski definition) is 5. The summed E-state index contributed by atoms with van der Waals surface area (Å²) in [6, 6.07) is 7.09. The number of nitrogens with zero attached hydrogens (tertiary/aromatic N) is 4. The van der Waals surface area contributed by atoms with Crippen molar-refractivity contribution in [3.05, 3.63) is 41.7 Å². The topological polar surface area (TPSA) is 110 Å². The van der Waals surface area contributed by atoms with Crippen LogP contribution in [0.1, 0.15) is 11.1 Å². The van der Waals surface area contributed by atoms with Crippen molar-refractivity contribution in [2.24, 2.45) is 0 Å². The van der Waals surface area contributed by atoms with Crippen LogP contribution in [0.2, 0.25) is 0 Å². The number of nitrogens with one attached hydrogen (secondary N) is 1. The van der Waals surface area contributed by atoms with Gasteiger partial charge in [-0.1, -0.05) is 24.3 Å². The van der Waals surface area contributed by atoms with Crippen LogP contribution in [-0.2, 0) is 29.1 Å². The zero-order chi connectivity index (χ0) is 14.4.